The molecule has 0 unspecified atom stereocenters. The van der Waals surface area contributed by atoms with Crippen molar-refractivity contribution < 1.29 is 13.2 Å². The SMILES string of the molecule is COc1ccc(CN[SH](=O)=O)cc1. The predicted octanol–water partition coefficient (Wildman–Crippen LogP) is 0.311. The van der Waals surface area contributed by atoms with E-state index >= 15 is 0 Å². The van der Waals surface area contributed by atoms with Gasteiger partial charge in [-0.3, -0.25) is 0 Å². The van der Waals surface area contributed by atoms with Crippen LogP contribution in [0.15, 0.2) is 24.3 Å². The molecule has 1 N–H and O–H groups in total. The average Bonchev–Trinajstić information content (AvgIpc) is 2.15. The summed E-state index contributed by atoms with van der Waals surface area (Å²) >= 11 is 0. The van der Waals surface area contributed by atoms with Crippen molar-refractivity contribution in [2.45, 2.75) is 6.54 Å². The lowest BCUT2D eigenvalue weighted by molar-refractivity contribution is 0.414. The summed E-state index contributed by atoms with van der Waals surface area (Å²) in [6, 6.07) is 7.19. The molecule has 0 aliphatic carbocycles. The van der Waals surface area contributed by atoms with E-state index < -0.39 is 10.9 Å². The second kappa shape index (κ2) is 4.84. The Kier molecular flexibility index (Phi) is 3.72. The van der Waals surface area contributed by atoms with E-state index in [4.69, 9.17) is 4.74 Å². The van der Waals surface area contributed by atoms with Crippen LogP contribution in [0.25, 0.3) is 0 Å². The normalized spacial score (nSPS) is 10.3. The fraction of sp³-hybridized carbons (Fsp3) is 0.250. The van der Waals surface area contributed by atoms with Crippen LogP contribution in [-0.4, -0.2) is 15.5 Å². The van der Waals surface area contributed by atoms with Gasteiger partial charge in [-0.05, 0) is 17.7 Å². The summed E-state index contributed by atoms with van der Waals surface area (Å²) in [6.07, 6.45) is 0. The van der Waals surface area contributed by atoms with Crippen LogP contribution in [-0.2, 0) is 17.4 Å². The third kappa shape index (κ3) is 3.43. The number of thiol groups is 1. The summed E-state index contributed by atoms with van der Waals surface area (Å²) in [5.41, 5.74) is 0.903. The van der Waals surface area contributed by atoms with Crippen molar-refractivity contribution in [3.05, 3.63) is 29.8 Å². The van der Waals surface area contributed by atoms with Gasteiger partial charge in [-0.15, -0.1) is 0 Å². The first-order valence-electron chi connectivity index (χ1n) is 3.73. The van der Waals surface area contributed by atoms with Crippen molar-refractivity contribution in [1.82, 2.24) is 4.72 Å². The third-order valence-corrected chi connectivity index (χ3v) is 1.99. The topological polar surface area (TPSA) is 55.4 Å². The van der Waals surface area contributed by atoms with Gasteiger partial charge >= 0.3 is 0 Å². The zero-order chi connectivity index (χ0) is 9.68. The van der Waals surface area contributed by atoms with Crippen LogP contribution in [0, 0.1) is 0 Å². The Morgan fingerprint density at radius 2 is 1.92 bits per heavy atom. The second-order valence-electron chi connectivity index (χ2n) is 2.44. The van der Waals surface area contributed by atoms with Crippen LogP contribution in [0.2, 0.25) is 0 Å². The highest BCUT2D eigenvalue weighted by Gasteiger charge is 1.93. The summed E-state index contributed by atoms with van der Waals surface area (Å²) in [7, 11) is -0.932. The van der Waals surface area contributed by atoms with Gasteiger partial charge in [0.1, 0.15) is 5.75 Å². The number of hydrogen-bond donors (Lipinski definition) is 2. The Bertz CT molecular complexity index is 324. The third-order valence-electron chi connectivity index (χ3n) is 1.57. The smallest absolute Gasteiger partial charge is 0.201 e. The lowest BCUT2D eigenvalue weighted by Crippen LogP contribution is -2.09. The minimum atomic E-state index is -2.52. The van der Waals surface area contributed by atoms with E-state index in [0.29, 0.717) is 6.54 Å². The van der Waals surface area contributed by atoms with Crippen LogP contribution in [0.1, 0.15) is 5.56 Å². The van der Waals surface area contributed by atoms with Crippen molar-refractivity contribution in [3.63, 3.8) is 0 Å². The van der Waals surface area contributed by atoms with E-state index in [0.717, 1.165) is 11.3 Å². The summed E-state index contributed by atoms with van der Waals surface area (Å²) in [5.74, 6) is 0.760. The van der Waals surface area contributed by atoms with Crippen LogP contribution >= 0.6 is 0 Å². The van der Waals surface area contributed by atoms with Gasteiger partial charge in [0.15, 0.2) is 0 Å². The van der Waals surface area contributed by atoms with Crippen molar-refractivity contribution in [2.24, 2.45) is 0 Å². The highest BCUT2D eigenvalue weighted by atomic mass is 32.2. The summed E-state index contributed by atoms with van der Waals surface area (Å²) in [4.78, 5) is 0. The van der Waals surface area contributed by atoms with E-state index in [2.05, 4.69) is 4.72 Å². The van der Waals surface area contributed by atoms with Gasteiger partial charge in [0, 0.05) is 6.54 Å². The second-order valence-corrected chi connectivity index (χ2v) is 3.27. The molecule has 5 heteroatoms. The molecule has 0 aliphatic rings. The molecule has 0 aromatic heterocycles. The standard InChI is InChI=1S/C8H11NO3S/c1-12-8-4-2-7(3-5-8)6-9-13(10)11/h2-5,13H,6H2,1H3,(H,9,10,11). The Hall–Kier alpha value is -1.07. The van der Waals surface area contributed by atoms with Crippen molar-refractivity contribution >= 4 is 10.9 Å². The molecule has 0 radical (unpaired) electrons. The van der Waals surface area contributed by atoms with Gasteiger partial charge in [0.25, 0.3) is 0 Å². The van der Waals surface area contributed by atoms with Gasteiger partial charge in [-0.25, -0.2) is 13.1 Å². The molecule has 1 rings (SSSR count). The molecule has 4 nitrogen and oxygen atoms in total. The number of rotatable bonds is 4. The molecular formula is C8H11NO3S. The predicted molar refractivity (Wildman–Crippen MR) is 50.1 cm³/mol. The van der Waals surface area contributed by atoms with Gasteiger partial charge in [0.05, 0.1) is 7.11 Å². The summed E-state index contributed by atoms with van der Waals surface area (Å²) in [5, 5.41) is 0. The van der Waals surface area contributed by atoms with Crippen LogP contribution < -0.4 is 9.46 Å². The van der Waals surface area contributed by atoms with Gasteiger partial charge in [-0.2, -0.15) is 0 Å². The fourth-order valence-electron chi connectivity index (χ4n) is 0.899. The molecule has 13 heavy (non-hydrogen) atoms. The molecule has 0 fully saturated rings. The van der Waals surface area contributed by atoms with Gasteiger partial charge in [0.2, 0.25) is 10.9 Å². The molecule has 0 saturated carbocycles. The molecule has 0 aliphatic heterocycles. The number of hydrogen-bond acceptors (Lipinski definition) is 3. The average molecular weight is 201 g/mol. The summed E-state index contributed by atoms with van der Waals surface area (Å²) in [6.45, 7) is 0.322. The van der Waals surface area contributed by atoms with Crippen molar-refractivity contribution in [3.8, 4) is 5.75 Å². The van der Waals surface area contributed by atoms with E-state index in [-0.39, 0.29) is 0 Å². The number of nitrogens with one attached hydrogen (secondary N) is 1. The number of benzene rings is 1. The maximum Gasteiger partial charge on any atom is 0.201 e. The van der Waals surface area contributed by atoms with E-state index in [9.17, 15) is 8.42 Å². The van der Waals surface area contributed by atoms with E-state index in [1.807, 2.05) is 12.1 Å². The Balaban J connectivity index is 2.59. The first-order valence-corrected chi connectivity index (χ1v) is 4.91. The van der Waals surface area contributed by atoms with Gasteiger partial charge in [-0.1, -0.05) is 12.1 Å². The molecule has 0 heterocycles. The first-order chi connectivity index (χ1) is 6.22. The molecule has 1 aromatic carbocycles. The summed E-state index contributed by atoms with van der Waals surface area (Å²) < 4.78 is 27.7. The highest BCUT2D eigenvalue weighted by Crippen LogP contribution is 2.10. The van der Waals surface area contributed by atoms with Crippen LogP contribution in [0.3, 0.4) is 0 Å². The Labute approximate surface area is 78.6 Å². The van der Waals surface area contributed by atoms with E-state index in [1.54, 1.807) is 19.2 Å². The van der Waals surface area contributed by atoms with Crippen LogP contribution in [0.5, 0.6) is 5.75 Å². The van der Waals surface area contributed by atoms with Crippen molar-refractivity contribution in [2.75, 3.05) is 7.11 Å². The maximum absolute atomic E-state index is 10.2. The molecule has 0 saturated heterocycles. The van der Waals surface area contributed by atoms with Gasteiger partial charge < -0.3 is 4.74 Å². The lowest BCUT2D eigenvalue weighted by atomic mass is 10.2. The molecular weight excluding hydrogens is 190 g/mol. The maximum atomic E-state index is 10.2. The zero-order valence-corrected chi connectivity index (χ0v) is 8.08. The quantitative estimate of drug-likeness (QED) is 0.689. The molecule has 0 amide bonds. The largest absolute Gasteiger partial charge is 0.497 e. The lowest BCUT2D eigenvalue weighted by Gasteiger charge is -2.01. The Morgan fingerprint density at radius 1 is 1.31 bits per heavy atom. The zero-order valence-electron chi connectivity index (χ0n) is 7.19. The minimum absolute atomic E-state index is 0.322. The van der Waals surface area contributed by atoms with E-state index in [1.165, 1.54) is 0 Å². The van der Waals surface area contributed by atoms with Crippen LogP contribution in [0.4, 0.5) is 0 Å². The number of methoxy groups -OCH3 is 1. The highest BCUT2D eigenvalue weighted by molar-refractivity contribution is 7.70. The molecule has 0 bridgehead atoms. The monoisotopic (exact) mass is 201 g/mol. The first kappa shape index (κ1) is 10.0. The molecule has 0 atom stereocenters. The Morgan fingerprint density at radius 3 is 2.38 bits per heavy atom. The molecule has 72 valence electrons. The van der Waals surface area contributed by atoms with Crippen molar-refractivity contribution in [1.29, 1.82) is 0 Å². The fourth-order valence-corrected chi connectivity index (χ4v) is 1.21. The minimum Gasteiger partial charge on any atom is -0.497 e. The number of ether oxygens (including phenoxy) is 1. The molecule has 1 aromatic rings. The molecule has 0 spiro atoms.